The third-order valence-corrected chi connectivity index (χ3v) is 6.56. The summed E-state index contributed by atoms with van der Waals surface area (Å²) in [6.07, 6.45) is 1.64. The van der Waals surface area contributed by atoms with Crippen molar-refractivity contribution >= 4 is 23.2 Å². The normalized spacial score (nSPS) is 19.4. The van der Waals surface area contributed by atoms with E-state index in [1.807, 2.05) is 40.6 Å². The van der Waals surface area contributed by atoms with Crippen molar-refractivity contribution in [3.05, 3.63) is 46.2 Å². The van der Waals surface area contributed by atoms with E-state index in [-0.39, 0.29) is 29.7 Å². The van der Waals surface area contributed by atoms with Crippen LogP contribution in [0.15, 0.2) is 35.7 Å². The summed E-state index contributed by atoms with van der Waals surface area (Å²) in [6, 6.07) is 9.46. The Bertz CT molecular complexity index is 897. The molecule has 2 amide bonds. The summed E-state index contributed by atoms with van der Waals surface area (Å²) in [6.45, 7) is 6.44. The van der Waals surface area contributed by atoms with E-state index < -0.39 is 0 Å². The molecule has 2 aliphatic heterocycles. The molecule has 4 rings (SSSR count). The molecule has 1 aromatic heterocycles. The first-order chi connectivity index (χ1) is 14.5. The molecule has 160 valence electrons. The van der Waals surface area contributed by atoms with E-state index in [0.717, 1.165) is 34.8 Å². The lowest BCUT2D eigenvalue weighted by Crippen LogP contribution is -2.46. The summed E-state index contributed by atoms with van der Waals surface area (Å²) in [5, 5.41) is 5.14. The molecule has 2 aromatic rings. The smallest absolute Gasteiger partial charge is 0.263 e. The predicted octanol–water partition coefficient (Wildman–Crippen LogP) is 3.89. The van der Waals surface area contributed by atoms with Gasteiger partial charge in [0, 0.05) is 13.1 Å². The number of carbonyl (C=O) groups is 2. The van der Waals surface area contributed by atoms with Crippen LogP contribution in [0.2, 0.25) is 0 Å². The van der Waals surface area contributed by atoms with Gasteiger partial charge >= 0.3 is 0 Å². The minimum atomic E-state index is -0.193. The third kappa shape index (κ3) is 4.46. The van der Waals surface area contributed by atoms with Crippen molar-refractivity contribution in [2.45, 2.75) is 32.7 Å². The van der Waals surface area contributed by atoms with Crippen LogP contribution in [0.5, 0.6) is 11.5 Å². The van der Waals surface area contributed by atoms with Gasteiger partial charge in [0.25, 0.3) is 5.91 Å². The van der Waals surface area contributed by atoms with Gasteiger partial charge in [0.1, 0.15) is 13.2 Å². The van der Waals surface area contributed by atoms with Crippen LogP contribution in [-0.2, 0) is 4.79 Å². The molecule has 3 heterocycles. The number of nitrogens with one attached hydrogen (secondary N) is 1. The second-order valence-corrected chi connectivity index (χ2v) is 9.15. The van der Waals surface area contributed by atoms with Crippen molar-refractivity contribution in [1.82, 2.24) is 10.2 Å². The first-order valence-electron chi connectivity index (χ1n) is 10.6. The number of thiophene rings is 1. The van der Waals surface area contributed by atoms with Crippen molar-refractivity contribution in [2.75, 3.05) is 26.3 Å². The van der Waals surface area contributed by atoms with Gasteiger partial charge in [-0.25, -0.2) is 0 Å². The summed E-state index contributed by atoms with van der Waals surface area (Å²) in [7, 11) is 0. The fraction of sp³-hybridized carbons (Fsp3) is 0.478. The number of carbonyl (C=O) groups excluding carboxylic acids is 2. The minimum absolute atomic E-state index is 0.00673. The Kier molecular flexibility index (Phi) is 6.27. The average Bonchev–Trinajstić information content (AvgIpc) is 3.31. The third-order valence-electron chi connectivity index (χ3n) is 5.70. The second-order valence-electron chi connectivity index (χ2n) is 8.20. The van der Waals surface area contributed by atoms with Gasteiger partial charge in [-0.15, -0.1) is 11.3 Å². The summed E-state index contributed by atoms with van der Waals surface area (Å²) in [5.41, 5.74) is 1.00. The number of nitrogens with zero attached hydrogens (tertiary/aromatic N) is 1. The highest BCUT2D eigenvalue weighted by Gasteiger charge is 2.31. The lowest BCUT2D eigenvalue weighted by atomic mass is 9.92. The van der Waals surface area contributed by atoms with E-state index in [0.29, 0.717) is 26.3 Å². The number of likely N-dealkylation sites (tertiary alicyclic amines) is 1. The van der Waals surface area contributed by atoms with E-state index in [1.165, 1.54) is 11.3 Å². The Labute approximate surface area is 181 Å². The number of fused-ring (bicyclic) bond motifs is 1. The van der Waals surface area contributed by atoms with Crippen molar-refractivity contribution in [1.29, 1.82) is 0 Å². The topological polar surface area (TPSA) is 67.9 Å². The average molecular weight is 429 g/mol. The largest absolute Gasteiger partial charge is 0.486 e. The van der Waals surface area contributed by atoms with Crippen molar-refractivity contribution < 1.29 is 19.1 Å². The molecule has 0 saturated carbocycles. The maximum atomic E-state index is 13.1. The van der Waals surface area contributed by atoms with E-state index in [4.69, 9.17) is 9.47 Å². The van der Waals surface area contributed by atoms with Gasteiger partial charge in [-0.05, 0) is 47.9 Å². The van der Waals surface area contributed by atoms with Gasteiger partial charge < -0.3 is 19.7 Å². The molecule has 1 fully saturated rings. The van der Waals surface area contributed by atoms with Crippen LogP contribution in [0, 0.1) is 11.8 Å². The Hall–Kier alpha value is -2.54. The Morgan fingerprint density at radius 1 is 1.17 bits per heavy atom. The number of hydrogen-bond donors (Lipinski definition) is 1. The first kappa shape index (κ1) is 20.7. The van der Waals surface area contributed by atoms with Crippen molar-refractivity contribution in [2.24, 2.45) is 11.8 Å². The van der Waals surface area contributed by atoms with E-state index in [2.05, 4.69) is 19.2 Å². The Morgan fingerprint density at radius 3 is 2.70 bits per heavy atom. The Morgan fingerprint density at radius 2 is 1.97 bits per heavy atom. The zero-order chi connectivity index (χ0) is 21.1. The molecule has 0 radical (unpaired) electrons. The molecule has 1 aromatic carbocycles. The lowest BCUT2D eigenvalue weighted by molar-refractivity contribution is -0.127. The number of piperidine rings is 1. The summed E-state index contributed by atoms with van der Waals surface area (Å²) in [4.78, 5) is 28.4. The molecule has 7 heteroatoms. The molecule has 2 atom stereocenters. The molecule has 1 N–H and O–H groups in total. The minimum Gasteiger partial charge on any atom is -0.486 e. The highest BCUT2D eigenvalue weighted by molar-refractivity contribution is 7.12. The molecular weight excluding hydrogens is 400 g/mol. The number of rotatable bonds is 5. The maximum absolute atomic E-state index is 13.1. The fourth-order valence-corrected chi connectivity index (χ4v) is 4.78. The van der Waals surface area contributed by atoms with Gasteiger partial charge in [0.15, 0.2) is 11.5 Å². The number of benzene rings is 1. The molecule has 2 unspecified atom stereocenters. The second kappa shape index (κ2) is 9.08. The zero-order valence-corrected chi connectivity index (χ0v) is 18.2. The van der Waals surface area contributed by atoms with Gasteiger partial charge in [-0.2, -0.15) is 0 Å². The summed E-state index contributed by atoms with van der Waals surface area (Å²) in [5.74, 6) is 1.52. The van der Waals surface area contributed by atoms with E-state index in [9.17, 15) is 9.59 Å². The Balaban J connectivity index is 1.44. The number of hydrogen-bond acceptors (Lipinski definition) is 5. The summed E-state index contributed by atoms with van der Waals surface area (Å²) < 4.78 is 11.3. The van der Waals surface area contributed by atoms with E-state index >= 15 is 0 Å². The lowest BCUT2D eigenvalue weighted by Gasteiger charge is -2.33. The van der Waals surface area contributed by atoms with Gasteiger partial charge in [-0.1, -0.05) is 26.0 Å². The molecule has 0 spiro atoms. The molecule has 0 aliphatic carbocycles. The van der Waals surface area contributed by atoms with Crippen LogP contribution >= 0.6 is 11.3 Å². The fourth-order valence-electron chi connectivity index (χ4n) is 4.09. The van der Waals surface area contributed by atoms with Crippen LogP contribution in [0.25, 0.3) is 0 Å². The highest BCUT2D eigenvalue weighted by atomic mass is 32.1. The first-order valence-corrected chi connectivity index (χ1v) is 11.4. The van der Waals surface area contributed by atoms with Crippen LogP contribution < -0.4 is 14.8 Å². The van der Waals surface area contributed by atoms with Crippen molar-refractivity contribution in [3.63, 3.8) is 0 Å². The number of ether oxygens (including phenoxy) is 2. The predicted molar refractivity (Wildman–Crippen MR) is 116 cm³/mol. The van der Waals surface area contributed by atoms with Crippen LogP contribution in [0.3, 0.4) is 0 Å². The van der Waals surface area contributed by atoms with Gasteiger partial charge in [-0.3, -0.25) is 9.59 Å². The number of amides is 2. The van der Waals surface area contributed by atoms with Crippen LogP contribution in [0.4, 0.5) is 0 Å². The van der Waals surface area contributed by atoms with E-state index in [1.54, 1.807) is 0 Å². The molecular formula is C23H28N2O4S. The standard InChI is InChI=1S/C23H28N2O4S/c1-15(2)21(16-7-8-18-19(13-16)29-11-10-28-18)24-22(26)17-5-3-9-25(14-17)23(27)20-6-4-12-30-20/h4,6-8,12-13,15,17,21H,3,5,9-11,14H2,1-2H3,(H,24,26). The van der Waals surface area contributed by atoms with Gasteiger partial charge in [0.2, 0.25) is 5.91 Å². The molecule has 0 bridgehead atoms. The van der Waals surface area contributed by atoms with Gasteiger partial charge in [0.05, 0.1) is 16.8 Å². The highest BCUT2D eigenvalue weighted by Crippen LogP contribution is 2.34. The van der Waals surface area contributed by atoms with Crippen molar-refractivity contribution in [3.8, 4) is 11.5 Å². The molecule has 2 aliphatic rings. The monoisotopic (exact) mass is 428 g/mol. The maximum Gasteiger partial charge on any atom is 0.263 e. The molecule has 30 heavy (non-hydrogen) atoms. The molecule has 6 nitrogen and oxygen atoms in total. The SMILES string of the molecule is CC(C)C(NC(=O)C1CCCN(C(=O)c2cccs2)C1)c1ccc2c(c1)OCCO2. The zero-order valence-electron chi connectivity index (χ0n) is 17.4. The van der Waals surface area contributed by atoms with Crippen LogP contribution in [-0.4, -0.2) is 43.0 Å². The summed E-state index contributed by atoms with van der Waals surface area (Å²) >= 11 is 1.44. The quantitative estimate of drug-likeness (QED) is 0.785. The molecule has 1 saturated heterocycles. The van der Waals surface area contributed by atoms with Crippen LogP contribution in [0.1, 0.15) is 48.0 Å².